The van der Waals surface area contributed by atoms with E-state index in [0.717, 1.165) is 10.4 Å². The lowest BCUT2D eigenvalue weighted by atomic mass is 10.2. The van der Waals surface area contributed by atoms with Crippen molar-refractivity contribution in [1.29, 1.82) is 0 Å². The number of aromatic nitrogens is 2. The molecule has 3 aromatic rings. The third-order valence-corrected chi connectivity index (χ3v) is 2.90. The standard InChI is InChI=1S/C12H7N2OS/c1-2-4-9(5-3-1)10-6-14-12(15-10)11-7-13-8-16-11/h1-5,7-8H. The van der Waals surface area contributed by atoms with Crippen molar-refractivity contribution in [3.05, 3.63) is 48.2 Å². The minimum atomic E-state index is 0.571. The summed E-state index contributed by atoms with van der Waals surface area (Å²) in [6, 6.07) is 9.81. The van der Waals surface area contributed by atoms with Gasteiger partial charge in [0.2, 0.25) is 5.89 Å². The molecular weight excluding hydrogens is 220 g/mol. The lowest BCUT2D eigenvalue weighted by molar-refractivity contribution is 0.590. The van der Waals surface area contributed by atoms with Crippen LogP contribution in [0.5, 0.6) is 0 Å². The lowest BCUT2D eigenvalue weighted by Crippen LogP contribution is -1.70. The van der Waals surface area contributed by atoms with Crippen LogP contribution >= 0.6 is 11.3 Å². The summed E-state index contributed by atoms with van der Waals surface area (Å²) in [6.45, 7) is 0. The topological polar surface area (TPSA) is 38.9 Å². The predicted octanol–water partition coefficient (Wildman–Crippen LogP) is 3.27. The van der Waals surface area contributed by atoms with Gasteiger partial charge >= 0.3 is 0 Å². The van der Waals surface area contributed by atoms with Gasteiger partial charge in [0.15, 0.2) is 5.76 Å². The van der Waals surface area contributed by atoms with E-state index in [0.29, 0.717) is 11.7 Å². The van der Waals surface area contributed by atoms with E-state index >= 15 is 0 Å². The first-order valence-corrected chi connectivity index (χ1v) is 5.64. The molecule has 0 bridgehead atoms. The zero-order valence-electron chi connectivity index (χ0n) is 8.25. The Morgan fingerprint density at radius 1 is 1.19 bits per heavy atom. The number of hydrogen-bond donors (Lipinski definition) is 0. The van der Waals surface area contributed by atoms with Crippen LogP contribution in [0.15, 0.2) is 46.5 Å². The second-order valence-corrected chi connectivity index (χ2v) is 4.08. The molecule has 0 amide bonds. The van der Waals surface area contributed by atoms with Crippen molar-refractivity contribution in [3.8, 4) is 22.1 Å². The number of benzene rings is 1. The highest BCUT2D eigenvalue weighted by Gasteiger charge is 2.09. The molecule has 77 valence electrons. The fourth-order valence-corrected chi connectivity index (χ4v) is 1.93. The van der Waals surface area contributed by atoms with Crippen molar-refractivity contribution in [1.82, 2.24) is 9.97 Å². The van der Waals surface area contributed by atoms with Gasteiger partial charge in [0, 0.05) is 5.56 Å². The first-order chi connectivity index (χ1) is 7.93. The van der Waals surface area contributed by atoms with Crippen LogP contribution in [-0.4, -0.2) is 9.97 Å². The number of oxazole rings is 1. The lowest BCUT2D eigenvalue weighted by Gasteiger charge is -1.93. The molecule has 1 aromatic carbocycles. The second-order valence-electron chi connectivity index (χ2n) is 3.19. The van der Waals surface area contributed by atoms with Gasteiger partial charge in [-0.2, -0.15) is 0 Å². The SMILES string of the molecule is [c]1nc(-c2cncs2)oc1-c1ccccc1. The summed E-state index contributed by atoms with van der Waals surface area (Å²) in [5.74, 6) is 1.23. The maximum Gasteiger partial charge on any atom is 0.239 e. The molecule has 0 aliphatic carbocycles. The van der Waals surface area contributed by atoms with Crippen molar-refractivity contribution in [2.24, 2.45) is 0 Å². The van der Waals surface area contributed by atoms with E-state index < -0.39 is 0 Å². The monoisotopic (exact) mass is 227 g/mol. The van der Waals surface area contributed by atoms with E-state index in [4.69, 9.17) is 4.42 Å². The maximum absolute atomic E-state index is 5.62. The Kier molecular flexibility index (Phi) is 2.27. The molecule has 0 atom stereocenters. The van der Waals surface area contributed by atoms with E-state index in [2.05, 4.69) is 16.2 Å². The molecular formula is C12H7N2OS. The zero-order valence-corrected chi connectivity index (χ0v) is 9.07. The molecule has 3 nitrogen and oxygen atoms in total. The average molecular weight is 227 g/mol. The van der Waals surface area contributed by atoms with E-state index in [9.17, 15) is 0 Å². The molecule has 3 rings (SSSR count). The van der Waals surface area contributed by atoms with Gasteiger partial charge in [-0.1, -0.05) is 30.3 Å². The van der Waals surface area contributed by atoms with Crippen molar-refractivity contribution in [2.45, 2.75) is 0 Å². The molecule has 0 saturated heterocycles. The molecule has 1 radical (unpaired) electrons. The number of nitrogens with zero attached hydrogens (tertiary/aromatic N) is 2. The third-order valence-electron chi connectivity index (χ3n) is 2.14. The van der Waals surface area contributed by atoms with Gasteiger partial charge in [0.25, 0.3) is 0 Å². The average Bonchev–Trinajstić information content (AvgIpc) is 3.01. The largest absolute Gasteiger partial charge is 0.435 e. The molecule has 0 unspecified atom stereocenters. The van der Waals surface area contributed by atoms with Gasteiger partial charge in [0.05, 0.1) is 11.7 Å². The Balaban J connectivity index is 2.00. The van der Waals surface area contributed by atoms with Crippen LogP contribution in [-0.2, 0) is 0 Å². The molecule has 16 heavy (non-hydrogen) atoms. The minimum Gasteiger partial charge on any atom is -0.435 e. The van der Waals surface area contributed by atoms with Crippen LogP contribution in [0.25, 0.3) is 22.1 Å². The summed E-state index contributed by atoms with van der Waals surface area (Å²) in [5.41, 5.74) is 2.73. The summed E-state index contributed by atoms with van der Waals surface area (Å²) in [6.07, 6.45) is 4.61. The van der Waals surface area contributed by atoms with Gasteiger partial charge in [-0.25, -0.2) is 4.98 Å². The maximum atomic E-state index is 5.62. The Hall–Kier alpha value is -1.94. The van der Waals surface area contributed by atoms with Gasteiger partial charge in [-0.05, 0) is 0 Å². The summed E-state index contributed by atoms with van der Waals surface area (Å²) < 4.78 is 5.62. The van der Waals surface area contributed by atoms with Crippen LogP contribution < -0.4 is 0 Å². The molecule has 0 N–H and O–H groups in total. The first-order valence-electron chi connectivity index (χ1n) is 4.76. The van der Waals surface area contributed by atoms with Crippen LogP contribution in [0, 0.1) is 6.20 Å². The molecule has 2 aromatic heterocycles. The van der Waals surface area contributed by atoms with E-state index in [1.54, 1.807) is 11.7 Å². The molecule has 4 heteroatoms. The minimum absolute atomic E-state index is 0.571. The fourth-order valence-electron chi connectivity index (χ4n) is 1.38. The summed E-state index contributed by atoms with van der Waals surface area (Å²) >= 11 is 1.50. The summed E-state index contributed by atoms with van der Waals surface area (Å²) in [4.78, 5) is 9.01. The van der Waals surface area contributed by atoms with Crippen LogP contribution in [0.3, 0.4) is 0 Å². The number of thiazole rings is 1. The van der Waals surface area contributed by atoms with Gasteiger partial charge in [-0.15, -0.1) is 11.3 Å². The molecule has 0 spiro atoms. The van der Waals surface area contributed by atoms with Gasteiger partial charge < -0.3 is 4.42 Å². The molecule has 0 fully saturated rings. The molecule has 0 saturated carbocycles. The number of hydrogen-bond acceptors (Lipinski definition) is 4. The molecule has 0 aliphatic heterocycles. The number of rotatable bonds is 2. The van der Waals surface area contributed by atoms with Gasteiger partial charge in [-0.3, -0.25) is 4.98 Å². The van der Waals surface area contributed by atoms with E-state index in [-0.39, 0.29) is 0 Å². The van der Waals surface area contributed by atoms with Crippen LogP contribution in [0.1, 0.15) is 0 Å². The zero-order chi connectivity index (χ0) is 10.8. The van der Waals surface area contributed by atoms with Crippen LogP contribution in [0.2, 0.25) is 0 Å². The first kappa shape index (κ1) is 9.30. The summed E-state index contributed by atoms with van der Waals surface area (Å²) in [5, 5.41) is 0. The highest BCUT2D eigenvalue weighted by atomic mass is 32.1. The fraction of sp³-hybridized carbons (Fsp3) is 0. The molecule has 2 heterocycles. The Morgan fingerprint density at radius 3 is 2.81 bits per heavy atom. The second kappa shape index (κ2) is 3.90. The van der Waals surface area contributed by atoms with E-state index in [1.807, 2.05) is 30.3 Å². The van der Waals surface area contributed by atoms with Crippen LogP contribution in [0.4, 0.5) is 0 Å². The quantitative estimate of drug-likeness (QED) is 0.674. The smallest absolute Gasteiger partial charge is 0.239 e. The molecule has 0 aliphatic rings. The van der Waals surface area contributed by atoms with Crippen molar-refractivity contribution < 1.29 is 4.42 Å². The third kappa shape index (κ3) is 1.63. The summed E-state index contributed by atoms with van der Waals surface area (Å²) in [7, 11) is 0. The predicted molar refractivity (Wildman–Crippen MR) is 61.9 cm³/mol. The Bertz CT molecular complexity index is 572. The van der Waals surface area contributed by atoms with E-state index in [1.165, 1.54) is 11.3 Å². The van der Waals surface area contributed by atoms with Crippen molar-refractivity contribution >= 4 is 11.3 Å². The Morgan fingerprint density at radius 2 is 2.06 bits per heavy atom. The Labute approximate surface area is 96.4 Å². The normalized spacial score (nSPS) is 10.5. The highest BCUT2D eigenvalue weighted by Crippen LogP contribution is 2.27. The van der Waals surface area contributed by atoms with Crippen molar-refractivity contribution in [2.75, 3.05) is 0 Å². The van der Waals surface area contributed by atoms with Crippen molar-refractivity contribution in [3.63, 3.8) is 0 Å². The highest BCUT2D eigenvalue weighted by molar-refractivity contribution is 7.13. The van der Waals surface area contributed by atoms with Gasteiger partial charge in [0.1, 0.15) is 11.1 Å².